The van der Waals surface area contributed by atoms with E-state index in [1.807, 2.05) is 18.2 Å². The van der Waals surface area contributed by atoms with E-state index < -0.39 is 0 Å². The summed E-state index contributed by atoms with van der Waals surface area (Å²) in [6.07, 6.45) is 5.29. The van der Waals surface area contributed by atoms with E-state index in [4.69, 9.17) is 0 Å². The van der Waals surface area contributed by atoms with Crippen LogP contribution in [0.15, 0.2) is 30.3 Å². The molecule has 0 aliphatic rings. The van der Waals surface area contributed by atoms with Crippen molar-refractivity contribution in [3.8, 4) is 0 Å². The Morgan fingerprint density at radius 2 is 1.81 bits per heavy atom. The van der Waals surface area contributed by atoms with E-state index in [-0.39, 0.29) is 6.10 Å². The molecule has 2 atom stereocenters. The molecule has 16 heavy (non-hydrogen) atoms. The number of hydrogen-bond acceptors (Lipinski definition) is 1. The topological polar surface area (TPSA) is 20.2 Å². The van der Waals surface area contributed by atoms with Crippen molar-refractivity contribution < 1.29 is 5.11 Å². The van der Waals surface area contributed by atoms with Gasteiger partial charge >= 0.3 is 0 Å². The second kappa shape index (κ2) is 7.45. The highest BCUT2D eigenvalue weighted by Crippen LogP contribution is 2.19. The second-order valence-corrected chi connectivity index (χ2v) is 4.57. The molecule has 1 N–H and O–H groups in total. The molecule has 0 spiro atoms. The van der Waals surface area contributed by atoms with E-state index in [9.17, 15) is 5.11 Å². The zero-order valence-corrected chi connectivity index (χ0v) is 10.5. The lowest BCUT2D eigenvalue weighted by Gasteiger charge is -2.21. The summed E-state index contributed by atoms with van der Waals surface area (Å²) >= 11 is 0. The van der Waals surface area contributed by atoms with Gasteiger partial charge in [0, 0.05) is 0 Å². The summed E-state index contributed by atoms with van der Waals surface area (Å²) in [4.78, 5) is 0. The van der Waals surface area contributed by atoms with Crippen LogP contribution < -0.4 is 0 Å². The first-order chi connectivity index (χ1) is 7.77. The van der Waals surface area contributed by atoms with Gasteiger partial charge in [0.1, 0.15) is 0 Å². The highest BCUT2D eigenvalue weighted by Gasteiger charge is 2.16. The maximum atomic E-state index is 10.2. The van der Waals surface area contributed by atoms with Crippen LogP contribution in [0.4, 0.5) is 0 Å². The average molecular weight is 220 g/mol. The van der Waals surface area contributed by atoms with Crippen molar-refractivity contribution in [1.29, 1.82) is 0 Å². The Hall–Kier alpha value is -0.820. The van der Waals surface area contributed by atoms with Crippen molar-refractivity contribution in [2.75, 3.05) is 0 Å². The largest absolute Gasteiger partial charge is 0.392 e. The number of benzene rings is 1. The van der Waals surface area contributed by atoms with Crippen LogP contribution in [0.2, 0.25) is 0 Å². The molecular weight excluding hydrogens is 196 g/mol. The fourth-order valence-electron chi connectivity index (χ4n) is 2.16. The molecule has 0 heterocycles. The number of aliphatic hydroxyl groups is 1. The van der Waals surface area contributed by atoms with E-state index in [1.165, 1.54) is 18.4 Å². The lowest BCUT2D eigenvalue weighted by Crippen LogP contribution is -2.22. The standard InChI is InChI=1S/C15H24O/c1-3-5-11-14(4-2)15(16)12-13-9-7-6-8-10-13/h6-10,14-16H,3-5,11-12H2,1-2H3/t14-,15+/m1/s1. The number of unbranched alkanes of at least 4 members (excludes halogenated alkanes) is 1. The number of hydrogen-bond donors (Lipinski definition) is 1. The maximum Gasteiger partial charge on any atom is 0.0608 e. The second-order valence-electron chi connectivity index (χ2n) is 4.57. The Labute approximate surface area is 99.5 Å². The Morgan fingerprint density at radius 1 is 1.12 bits per heavy atom. The van der Waals surface area contributed by atoms with Crippen molar-refractivity contribution in [2.45, 2.75) is 52.1 Å². The zero-order valence-electron chi connectivity index (χ0n) is 10.5. The van der Waals surface area contributed by atoms with E-state index in [2.05, 4.69) is 26.0 Å². The summed E-state index contributed by atoms with van der Waals surface area (Å²) in [5, 5.41) is 10.2. The highest BCUT2D eigenvalue weighted by molar-refractivity contribution is 5.15. The minimum atomic E-state index is -0.182. The SMILES string of the molecule is CCCC[C@@H](CC)[C@@H](O)Cc1ccccc1. The monoisotopic (exact) mass is 220 g/mol. The predicted molar refractivity (Wildman–Crippen MR) is 69.5 cm³/mol. The normalized spacial score (nSPS) is 14.7. The molecule has 1 heteroatoms. The fraction of sp³-hybridized carbons (Fsp3) is 0.600. The van der Waals surface area contributed by atoms with Crippen molar-refractivity contribution in [3.63, 3.8) is 0 Å². The summed E-state index contributed by atoms with van der Waals surface area (Å²) in [6, 6.07) is 10.3. The van der Waals surface area contributed by atoms with Gasteiger partial charge in [-0.3, -0.25) is 0 Å². The number of aliphatic hydroxyl groups excluding tert-OH is 1. The van der Waals surface area contributed by atoms with Gasteiger partial charge in [-0.1, -0.05) is 63.4 Å². The Bertz CT molecular complexity index is 268. The summed E-state index contributed by atoms with van der Waals surface area (Å²) in [6.45, 7) is 4.38. The van der Waals surface area contributed by atoms with E-state index in [0.29, 0.717) is 5.92 Å². The van der Waals surface area contributed by atoms with Crippen molar-refractivity contribution in [3.05, 3.63) is 35.9 Å². The molecule has 0 unspecified atom stereocenters. The van der Waals surface area contributed by atoms with E-state index >= 15 is 0 Å². The van der Waals surface area contributed by atoms with Crippen molar-refractivity contribution >= 4 is 0 Å². The molecule has 0 fully saturated rings. The van der Waals surface area contributed by atoms with Gasteiger partial charge in [0.25, 0.3) is 0 Å². The third-order valence-corrected chi connectivity index (χ3v) is 3.28. The third-order valence-electron chi connectivity index (χ3n) is 3.28. The van der Waals surface area contributed by atoms with Gasteiger partial charge < -0.3 is 5.11 Å². The first-order valence-corrected chi connectivity index (χ1v) is 6.49. The molecule has 1 aromatic rings. The molecular formula is C15H24O. The maximum absolute atomic E-state index is 10.2. The molecule has 0 aliphatic carbocycles. The summed E-state index contributed by atoms with van der Waals surface area (Å²) < 4.78 is 0. The third kappa shape index (κ3) is 4.36. The lowest BCUT2D eigenvalue weighted by atomic mass is 9.90. The molecule has 0 aliphatic heterocycles. The van der Waals surface area contributed by atoms with Gasteiger partial charge in [-0.2, -0.15) is 0 Å². The van der Waals surface area contributed by atoms with E-state index in [0.717, 1.165) is 19.3 Å². The van der Waals surface area contributed by atoms with E-state index in [1.54, 1.807) is 0 Å². The molecule has 1 aromatic carbocycles. The van der Waals surface area contributed by atoms with Crippen LogP contribution in [0, 0.1) is 5.92 Å². The van der Waals surface area contributed by atoms with Crippen molar-refractivity contribution in [1.82, 2.24) is 0 Å². The molecule has 1 rings (SSSR count). The zero-order chi connectivity index (χ0) is 11.8. The molecule has 0 bridgehead atoms. The quantitative estimate of drug-likeness (QED) is 0.741. The van der Waals surface area contributed by atoms with Gasteiger partial charge in [-0.05, 0) is 24.3 Å². The van der Waals surface area contributed by atoms with Crippen LogP contribution in [-0.4, -0.2) is 11.2 Å². The molecule has 90 valence electrons. The number of rotatable bonds is 7. The minimum absolute atomic E-state index is 0.182. The molecule has 0 aromatic heterocycles. The summed E-state index contributed by atoms with van der Waals surface area (Å²) in [5.41, 5.74) is 1.24. The van der Waals surface area contributed by atoms with Gasteiger partial charge in [0.15, 0.2) is 0 Å². The van der Waals surface area contributed by atoms with Crippen LogP contribution in [0.3, 0.4) is 0 Å². The molecule has 0 saturated heterocycles. The lowest BCUT2D eigenvalue weighted by molar-refractivity contribution is 0.0987. The molecule has 0 saturated carbocycles. The van der Waals surface area contributed by atoms with Crippen LogP contribution in [-0.2, 0) is 6.42 Å². The summed E-state index contributed by atoms with van der Waals surface area (Å²) in [5.74, 6) is 0.458. The van der Waals surface area contributed by atoms with Crippen LogP contribution in [0.25, 0.3) is 0 Å². The summed E-state index contributed by atoms with van der Waals surface area (Å²) in [7, 11) is 0. The molecule has 0 amide bonds. The van der Waals surface area contributed by atoms with Crippen molar-refractivity contribution in [2.24, 2.45) is 5.92 Å². The smallest absolute Gasteiger partial charge is 0.0608 e. The molecule has 0 radical (unpaired) electrons. The predicted octanol–water partition coefficient (Wildman–Crippen LogP) is 3.81. The van der Waals surface area contributed by atoms with Crippen LogP contribution in [0.1, 0.15) is 45.1 Å². The Balaban J connectivity index is 2.46. The van der Waals surface area contributed by atoms with Gasteiger partial charge in [-0.15, -0.1) is 0 Å². The highest BCUT2D eigenvalue weighted by atomic mass is 16.3. The van der Waals surface area contributed by atoms with Gasteiger partial charge in [0.05, 0.1) is 6.10 Å². The average Bonchev–Trinajstić information content (AvgIpc) is 2.31. The van der Waals surface area contributed by atoms with Crippen LogP contribution in [0.5, 0.6) is 0 Å². The molecule has 1 nitrogen and oxygen atoms in total. The first kappa shape index (κ1) is 13.2. The Kier molecular flexibility index (Phi) is 6.17. The van der Waals surface area contributed by atoms with Crippen LogP contribution >= 0.6 is 0 Å². The first-order valence-electron chi connectivity index (χ1n) is 6.49. The fourth-order valence-corrected chi connectivity index (χ4v) is 2.16. The Morgan fingerprint density at radius 3 is 2.38 bits per heavy atom. The van der Waals surface area contributed by atoms with Gasteiger partial charge in [0.2, 0.25) is 0 Å². The van der Waals surface area contributed by atoms with Gasteiger partial charge in [-0.25, -0.2) is 0 Å². The minimum Gasteiger partial charge on any atom is -0.392 e.